The minimum atomic E-state index is -0.743. The van der Waals surface area contributed by atoms with Crippen LogP contribution in [0.4, 0.5) is 0 Å². The summed E-state index contributed by atoms with van der Waals surface area (Å²) in [4.78, 5) is 16.1. The molecule has 0 aliphatic heterocycles. The lowest BCUT2D eigenvalue weighted by Crippen LogP contribution is -2.07. The Morgan fingerprint density at radius 2 is 1.92 bits per heavy atom. The molecular weight excluding hydrogens is 322 g/mol. The molecule has 1 aromatic carbocycles. The van der Waals surface area contributed by atoms with E-state index in [0.717, 1.165) is 16.0 Å². The SMILES string of the molecule is CC(C)Oc1ncccc1-c1ccc(SC(C)CCC(=O)O)cc1. The standard InChI is InChI=1S/C19H23NO3S/c1-13(2)23-19-17(5-4-12-20-19)15-7-9-16(10-8-15)24-14(3)6-11-18(21)22/h4-5,7-10,12-14H,6,11H2,1-3H3,(H,21,22). The van der Waals surface area contributed by atoms with E-state index in [9.17, 15) is 4.79 Å². The average molecular weight is 345 g/mol. The van der Waals surface area contributed by atoms with Crippen molar-refractivity contribution in [2.24, 2.45) is 0 Å². The molecule has 1 atom stereocenters. The van der Waals surface area contributed by atoms with Crippen LogP contribution in [0.5, 0.6) is 5.88 Å². The zero-order chi connectivity index (χ0) is 17.5. The first-order chi connectivity index (χ1) is 11.5. The summed E-state index contributed by atoms with van der Waals surface area (Å²) < 4.78 is 5.78. The topological polar surface area (TPSA) is 59.4 Å². The van der Waals surface area contributed by atoms with Gasteiger partial charge in [0.2, 0.25) is 5.88 Å². The number of aromatic nitrogens is 1. The maximum atomic E-state index is 10.6. The third-order valence-electron chi connectivity index (χ3n) is 3.39. The number of nitrogens with zero attached hydrogens (tertiary/aromatic N) is 1. The van der Waals surface area contributed by atoms with Crippen LogP contribution in [0.3, 0.4) is 0 Å². The van der Waals surface area contributed by atoms with E-state index in [2.05, 4.69) is 36.2 Å². The quantitative estimate of drug-likeness (QED) is 0.691. The van der Waals surface area contributed by atoms with Crippen LogP contribution in [0, 0.1) is 0 Å². The Kier molecular flexibility index (Phi) is 6.67. The van der Waals surface area contributed by atoms with Gasteiger partial charge in [-0.3, -0.25) is 4.79 Å². The lowest BCUT2D eigenvalue weighted by molar-refractivity contribution is -0.137. The number of hydrogen-bond donors (Lipinski definition) is 1. The molecule has 0 radical (unpaired) electrons. The third-order valence-corrected chi connectivity index (χ3v) is 4.57. The van der Waals surface area contributed by atoms with Crippen molar-refractivity contribution in [2.75, 3.05) is 0 Å². The smallest absolute Gasteiger partial charge is 0.303 e. The Hall–Kier alpha value is -2.01. The Morgan fingerprint density at radius 1 is 1.21 bits per heavy atom. The van der Waals surface area contributed by atoms with E-state index >= 15 is 0 Å². The zero-order valence-electron chi connectivity index (χ0n) is 14.2. The largest absolute Gasteiger partial charge is 0.481 e. The number of benzene rings is 1. The molecule has 24 heavy (non-hydrogen) atoms. The predicted octanol–water partition coefficient (Wildman–Crippen LogP) is 4.88. The Morgan fingerprint density at radius 3 is 2.54 bits per heavy atom. The number of aliphatic carboxylic acids is 1. The molecule has 0 amide bonds. The van der Waals surface area contributed by atoms with Gasteiger partial charge < -0.3 is 9.84 Å². The van der Waals surface area contributed by atoms with Crippen LogP contribution >= 0.6 is 11.8 Å². The molecule has 0 bridgehead atoms. The number of rotatable bonds is 8. The van der Waals surface area contributed by atoms with E-state index in [-0.39, 0.29) is 17.8 Å². The van der Waals surface area contributed by atoms with Crippen LogP contribution in [0.15, 0.2) is 47.5 Å². The van der Waals surface area contributed by atoms with E-state index in [1.54, 1.807) is 18.0 Å². The van der Waals surface area contributed by atoms with E-state index in [1.807, 2.05) is 26.0 Å². The van der Waals surface area contributed by atoms with Gasteiger partial charge in [-0.05, 0) is 50.1 Å². The van der Waals surface area contributed by atoms with E-state index in [1.165, 1.54) is 0 Å². The fourth-order valence-corrected chi connectivity index (χ4v) is 3.25. The maximum Gasteiger partial charge on any atom is 0.303 e. The summed E-state index contributed by atoms with van der Waals surface area (Å²) in [7, 11) is 0. The first-order valence-corrected chi connectivity index (χ1v) is 8.94. The summed E-state index contributed by atoms with van der Waals surface area (Å²) in [6.07, 6.45) is 2.67. The lowest BCUT2D eigenvalue weighted by Gasteiger charge is -2.14. The van der Waals surface area contributed by atoms with Gasteiger partial charge in [0.25, 0.3) is 0 Å². The average Bonchev–Trinajstić information content (AvgIpc) is 2.54. The molecule has 0 fully saturated rings. The molecular formula is C19H23NO3S. The van der Waals surface area contributed by atoms with Crippen LogP contribution in [0.2, 0.25) is 0 Å². The van der Waals surface area contributed by atoms with Gasteiger partial charge in [-0.2, -0.15) is 0 Å². The van der Waals surface area contributed by atoms with Gasteiger partial charge in [0, 0.05) is 28.3 Å². The van der Waals surface area contributed by atoms with Crippen LogP contribution < -0.4 is 4.74 Å². The fourth-order valence-electron chi connectivity index (χ4n) is 2.26. The molecule has 0 spiro atoms. The van der Waals surface area contributed by atoms with Crippen LogP contribution in [-0.4, -0.2) is 27.4 Å². The minimum Gasteiger partial charge on any atom is -0.481 e. The summed E-state index contributed by atoms with van der Waals surface area (Å²) in [6.45, 7) is 6.02. The summed E-state index contributed by atoms with van der Waals surface area (Å²) >= 11 is 1.69. The van der Waals surface area contributed by atoms with Gasteiger partial charge in [-0.1, -0.05) is 19.1 Å². The van der Waals surface area contributed by atoms with Crippen LogP contribution in [0.1, 0.15) is 33.6 Å². The van der Waals surface area contributed by atoms with Crippen molar-refractivity contribution in [3.63, 3.8) is 0 Å². The zero-order valence-corrected chi connectivity index (χ0v) is 15.0. The van der Waals surface area contributed by atoms with Crippen molar-refractivity contribution >= 4 is 17.7 Å². The highest BCUT2D eigenvalue weighted by Crippen LogP contribution is 2.32. The van der Waals surface area contributed by atoms with Crippen molar-refractivity contribution < 1.29 is 14.6 Å². The van der Waals surface area contributed by atoms with Crippen molar-refractivity contribution in [3.05, 3.63) is 42.6 Å². The highest BCUT2D eigenvalue weighted by Gasteiger charge is 2.10. The molecule has 2 aromatic rings. The van der Waals surface area contributed by atoms with Crippen molar-refractivity contribution in [3.8, 4) is 17.0 Å². The summed E-state index contributed by atoms with van der Waals surface area (Å²) in [5, 5.41) is 9.02. The van der Waals surface area contributed by atoms with Gasteiger partial charge in [0.1, 0.15) is 0 Å². The molecule has 1 unspecified atom stereocenters. The summed E-state index contributed by atoms with van der Waals surface area (Å²) in [5.41, 5.74) is 2.03. The van der Waals surface area contributed by atoms with Gasteiger partial charge in [0.05, 0.1) is 6.10 Å². The number of hydrogen-bond acceptors (Lipinski definition) is 4. The molecule has 1 heterocycles. The minimum absolute atomic E-state index is 0.0727. The Bertz CT molecular complexity index is 671. The third kappa shape index (κ3) is 5.57. The molecule has 2 rings (SSSR count). The van der Waals surface area contributed by atoms with Gasteiger partial charge in [-0.25, -0.2) is 4.98 Å². The number of carboxylic acids is 1. The number of carbonyl (C=O) groups is 1. The van der Waals surface area contributed by atoms with Crippen LogP contribution in [-0.2, 0) is 4.79 Å². The second-order valence-corrected chi connectivity index (χ2v) is 7.42. The van der Waals surface area contributed by atoms with Gasteiger partial charge in [-0.15, -0.1) is 11.8 Å². The number of ether oxygens (including phenoxy) is 1. The van der Waals surface area contributed by atoms with Crippen LogP contribution in [0.25, 0.3) is 11.1 Å². The van der Waals surface area contributed by atoms with E-state index in [4.69, 9.17) is 9.84 Å². The van der Waals surface area contributed by atoms with Gasteiger partial charge >= 0.3 is 5.97 Å². The number of thioether (sulfide) groups is 1. The predicted molar refractivity (Wildman–Crippen MR) is 97.6 cm³/mol. The molecule has 1 N–H and O–H groups in total. The number of carboxylic acid groups (broad SMARTS) is 1. The normalized spacial score (nSPS) is 12.2. The highest BCUT2D eigenvalue weighted by atomic mass is 32.2. The Balaban J connectivity index is 2.08. The van der Waals surface area contributed by atoms with Crippen molar-refractivity contribution in [1.29, 1.82) is 0 Å². The maximum absolute atomic E-state index is 10.6. The second kappa shape index (κ2) is 8.73. The fraction of sp³-hybridized carbons (Fsp3) is 0.368. The van der Waals surface area contributed by atoms with Crippen molar-refractivity contribution in [1.82, 2.24) is 4.98 Å². The highest BCUT2D eigenvalue weighted by molar-refractivity contribution is 7.99. The molecule has 0 aliphatic rings. The van der Waals surface area contributed by atoms with Crippen molar-refractivity contribution in [2.45, 2.75) is 49.9 Å². The molecule has 0 saturated carbocycles. The first kappa shape index (κ1) is 18.3. The molecule has 1 aromatic heterocycles. The van der Waals surface area contributed by atoms with E-state index < -0.39 is 5.97 Å². The molecule has 5 heteroatoms. The molecule has 0 saturated heterocycles. The monoisotopic (exact) mass is 345 g/mol. The van der Waals surface area contributed by atoms with Gasteiger partial charge in [0.15, 0.2) is 0 Å². The second-order valence-electron chi connectivity index (χ2n) is 5.91. The number of pyridine rings is 1. The molecule has 128 valence electrons. The van der Waals surface area contributed by atoms with E-state index in [0.29, 0.717) is 12.3 Å². The lowest BCUT2D eigenvalue weighted by atomic mass is 10.1. The summed E-state index contributed by atoms with van der Waals surface area (Å²) in [5.74, 6) is -0.102. The summed E-state index contributed by atoms with van der Waals surface area (Å²) in [6, 6.07) is 12.1. The first-order valence-electron chi connectivity index (χ1n) is 8.06. The molecule has 0 aliphatic carbocycles. The Labute approximate surface area is 147 Å². The molecule has 4 nitrogen and oxygen atoms in total.